The van der Waals surface area contributed by atoms with Gasteiger partial charge in [0.2, 0.25) is 5.91 Å². The molecule has 2 nitrogen and oxygen atoms in total. The van der Waals surface area contributed by atoms with Crippen molar-refractivity contribution in [3.63, 3.8) is 0 Å². The van der Waals surface area contributed by atoms with Gasteiger partial charge in [0.15, 0.2) is 0 Å². The van der Waals surface area contributed by atoms with Gasteiger partial charge >= 0.3 is 0 Å². The van der Waals surface area contributed by atoms with E-state index in [1.165, 1.54) is 70.3 Å². The van der Waals surface area contributed by atoms with E-state index in [1.54, 1.807) is 0 Å². The Morgan fingerprint density at radius 1 is 1.05 bits per heavy atom. The summed E-state index contributed by atoms with van der Waals surface area (Å²) < 4.78 is 0. The average Bonchev–Trinajstić information content (AvgIpc) is 2.49. The summed E-state index contributed by atoms with van der Waals surface area (Å²) in [6, 6.07) is 0.396. The van der Waals surface area contributed by atoms with Gasteiger partial charge in [-0.15, -0.1) is 0 Å². The van der Waals surface area contributed by atoms with E-state index in [9.17, 15) is 4.79 Å². The Morgan fingerprint density at radius 2 is 1.60 bits per heavy atom. The van der Waals surface area contributed by atoms with Gasteiger partial charge < -0.3 is 5.32 Å². The third kappa shape index (κ3) is 4.36. The molecule has 114 valence electrons. The van der Waals surface area contributed by atoms with Crippen molar-refractivity contribution in [3.05, 3.63) is 12.7 Å². The Kier molecular flexibility index (Phi) is 6.12. The third-order valence-corrected chi connectivity index (χ3v) is 5.56. The first kappa shape index (κ1) is 15.6. The topological polar surface area (TPSA) is 29.1 Å². The van der Waals surface area contributed by atoms with Crippen LogP contribution in [-0.2, 0) is 4.79 Å². The maximum atomic E-state index is 11.3. The zero-order valence-corrected chi connectivity index (χ0v) is 13.1. The highest BCUT2D eigenvalue weighted by Crippen LogP contribution is 2.40. The first-order valence-electron chi connectivity index (χ1n) is 8.65. The van der Waals surface area contributed by atoms with Crippen LogP contribution in [0.4, 0.5) is 0 Å². The number of rotatable bonds is 5. The van der Waals surface area contributed by atoms with Gasteiger partial charge in [-0.3, -0.25) is 4.79 Å². The molecule has 0 aromatic carbocycles. The van der Waals surface area contributed by atoms with E-state index in [2.05, 4.69) is 18.8 Å². The molecular formula is C18H31NO. The van der Waals surface area contributed by atoms with E-state index in [0.717, 1.165) is 17.8 Å². The lowest BCUT2D eigenvalue weighted by atomic mass is 9.69. The van der Waals surface area contributed by atoms with E-state index in [-0.39, 0.29) is 5.91 Å². The Morgan fingerprint density at radius 3 is 2.10 bits per heavy atom. The van der Waals surface area contributed by atoms with Crippen molar-refractivity contribution in [3.8, 4) is 0 Å². The zero-order valence-electron chi connectivity index (χ0n) is 13.1. The molecular weight excluding hydrogens is 246 g/mol. The van der Waals surface area contributed by atoms with Crippen molar-refractivity contribution >= 4 is 5.91 Å². The second kappa shape index (κ2) is 7.85. The summed E-state index contributed by atoms with van der Waals surface area (Å²) in [6.45, 7) is 5.84. The quantitative estimate of drug-likeness (QED) is 0.739. The maximum Gasteiger partial charge on any atom is 0.243 e. The molecule has 2 aliphatic carbocycles. The van der Waals surface area contributed by atoms with Crippen LogP contribution < -0.4 is 5.32 Å². The van der Waals surface area contributed by atoms with E-state index >= 15 is 0 Å². The number of carbonyl (C=O) groups is 1. The lowest BCUT2D eigenvalue weighted by molar-refractivity contribution is -0.117. The second-order valence-corrected chi connectivity index (χ2v) is 6.89. The molecule has 2 rings (SSSR count). The minimum absolute atomic E-state index is 0.00600. The van der Waals surface area contributed by atoms with E-state index in [0.29, 0.717) is 6.04 Å². The Balaban J connectivity index is 1.69. The molecule has 0 aliphatic heterocycles. The molecule has 0 saturated heterocycles. The summed E-state index contributed by atoms with van der Waals surface area (Å²) in [7, 11) is 0. The number of nitrogens with one attached hydrogen (secondary N) is 1. The highest BCUT2D eigenvalue weighted by atomic mass is 16.1. The number of carbonyl (C=O) groups excluding carboxylic acids is 1. The minimum Gasteiger partial charge on any atom is -0.350 e. The van der Waals surface area contributed by atoms with Gasteiger partial charge in [0.25, 0.3) is 0 Å². The van der Waals surface area contributed by atoms with Crippen LogP contribution in [0.25, 0.3) is 0 Å². The van der Waals surface area contributed by atoms with Gasteiger partial charge in [0.1, 0.15) is 0 Å². The lowest BCUT2D eigenvalue weighted by Gasteiger charge is -2.38. The molecule has 2 saturated carbocycles. The molecule has 1 N–H and O–H groups in total. The number of amides is 1. The van der Waals surface area contributed by atoms with Crippen LogP contribution in [0.1, 0.15) is 71.1 Å². The van der Waals surface area contributed by atoms with Crippen molar-refractivity contribution in [2.45, 2.75) is 77.2 Å². The van der Waals surface area contributed by atoms with Gasteiger partial charge in [-0.1, -0.05) is 39.2 Å². The van der Waals surface area contributed by atoms with Crippen LogP contribution in [0.2, 0.25) is 0 Å². The standard InChI is InChI=1S/C18H31NO/c1-3-5-14-6-8-15(9-7-14)16-10-12-17(13-11-16)19-18(20)4-2/h4,14-17H,2-3,5-13H2,1H3,(H,19,20). The number of hydrogen-bond acceptors (Lipinski definition) is 1. The molecule has 0 bridgehead atoms. The highest BCUT2D eigenvalue weighted by molar-refractivity contribution is 5.87. The summed E-state index contributed by atoms with van der Waals surface area (Å²) in [5.41, 5.74) is 0. The van der Waals surface area contributed by atoms with E-state index < -0.39 is 0 Å². The lowest BCUT2D eigenvalue weighted by Crippen LogP contribution is -2.38. The maximum absolute atomic E-state index is 11.3. The molecule has 1 amide bonds. The minimum atomic E-state index is -0.00600. The first-order valence-corrected chi connectivity index (χ1v) is 8.65. The predicted molar refractivity (Wildman–Crippen MR) is 84.4 cm³/mol. The highest BCUT2D eigenvalue weighted by Gasteiger charge is 2.30. The second-order valence-electron chi connectivity index (χ2n) is 6.89. The van der Waals surface area contributed by atoms with Gasteiger partial charge in [0, 0.05) is 6.04 Å². The summed E-state index contributed by atoms with van der Waals surface area (Å²) >= 11 is 0. The van der Waals surface area contributed by atoms with Crippen molar-refractivity contribution < 1.29 is 4.79 Å². The van der Waals surface area contributed by atoms with Gasteiger partial charge in [-0.2, -0.15) is 0 Å². The van der Waals surface area contributed by atoms with Crippen LogP contribution in [0.3, 0.4) is 0 Å². The SMILES string of the molecule is C=CC(=O)NC1CCC(C2CCC(CCC)CC2)CC1. The fourth-order valence-electron chi connectivity index (χ4n) is 4.35. The Hall–Kier alpha value is -0.790. The first-order chi connectivity index (χ1) is 9.72. The van der Waals surface area contributed by atoms with Crippen LogP contribution in [-0.4, -0.2) is 11.9 Å². The molecule has 0 heterocycles. The summed E-state index contributed by atoms with van der Waals surface area (Å²) in [5, 5.41) is 3.06. The monoisotopic (exact) mass is 277 g/mol. The summed E-state index contributed by atoms with van der Waals surface area (Å²) in [4.78, 5) is 11.3. The largest absolute Gasteiger partial charge is 0.350 e. The van der Waals surface area contributed by atoms with Crippen LogP contribution in [0.5, 0.6) is 0 Å². The zero-order chi connectivity index (χ0) is 14.4. The van der Waals surface area contributed by atoms with Crippen molar-refractivity contribution in [2.75, 3.05) is 0 Å². The molecule has 20 heavy (non-hydrogen) atoms. The summed E-state index contributed by atoms with van der Waals surface area (Å²) in [5.74, 6) is 2.90. The molecule has 0 spiro atoms. The van der Waals surface area contributed by atoms with E-state index in [4.69, 9.17) is 0 Å². The molecule has 0 atom stereocenters. The molecule has 0 aromatic rings. The smallest absolute Gasteiger partial charge is 0.243 e. The van der Waals surface area contributed by atoms with Crippen molar-refractivity contribution in [1.29, 1.82) is 0 Å². The molecule has 0 aromatic heterocycles. The third-order valence-electron chi connectivity index (χ3n) is 5.56. The predicted octanol–water partition coefficient (Wildman–Crippen LogP) is 4.45. The number of hydrogen-bond donors (Lipinski definition) is 1. The van der Waals surface area contributed by atoms with Crippen LogP contribution >= 0.6 is 0 Å². The van der Waals surface area contributed by atoms with Gasteiger partial charge in [-0.05, 0) is 62.4 Å². The average molecular weight is 277 g/mol. The van der Waals surface area contributed by atoms with Gasteiger partial charge in [0.05, 0.1) is 0 Å². The fourth-order valence-corrected chi connectivity index (χ4v) is 4.35. The fraction of sp³-hybridized carbons (Fsp3) is 0.833. The molecule has 2 fully saturated rings. The molecule has 0 radical (unpaired) electrons. The summed E-state index contributed by atoms with van der Waals surface area (Å²) in [6.07, 6.45) is 15.0. The normalized spacial score (nSPS) is 34.5. The van der Waals surface area contributed by atoms with Crippen LogP contribution in [0, 0.1) is 17.8 Å². The Bertz CT molecular complexity index is 309. The van der Waals surface area contributed by atoms with E-state index in [1.807, 2.05) is 0 Å². The Labute approximate surface area is 124 Å². The molecule has 2 heteroatoms. The van der Waals surface area contributed by atoms with Crippen LogP contribution in [0.15, 0.2) is 12.7 Å². The molecule has 2 aliphatic rings. The van der Waals surface area contributed by atoms with Crippen molar-refractivity contribution in [1.82, 2.24) is 5.32 Å². The molecule has 0 unspecified atom stereocenters. The van der Waals surface area contributed by atoms with Gasteiger partial charge in [-0.25, -0.2) is 0 Å². The van der Waals surface area contributed by atoms with Crippen molar-refractivity contribution in [2.24, 2.45) is 17.8 Å².